The molecule has 2 aliphatic rings. The fraction of sp³-hybridized carbons (Fsp3) is 0.381. The second-order valence-corrected chi connectivity index (χ2v) is 8.88. The Kier molecular flexibility index (Phi) is 3.65. The molecule has 1 aliphatic heterocycles. The van der Waals surface area contributed by atoms with Gasteiger partial charge in [-0.15, -0.1) is 0 Å². The third-order valence-electron chi connectivity index (χ3n) is 6.83. The highest BCUT2D eigenvalue weighted by molar-refractivity contribution is 6.38. The van der Waals surface area contributed by atoms with Crippen LogP contribution in [0.1, 0.15) is 12.8 Å². The first kappa shape index (κ1) is 18.0. The maximum atomic E-state index is 13.4. The maximum Gasteiger partial charge on any atom is 0.264 e. The molecule has 6 rings (SSSR count). The third-order valence-corrected chi connectivity index (χ3v) is 7.24. The van der Waals surface area contributed by atoms with E-state index in [4.69, 9.17) is 22.3 Å². The van der Waals surface area contributed by atoms with Crippen LogP contribution in [0.25, 0.3) is 33.1 Å². The Morgan fingerprint density at radius 2 is 2.07 bits per heavy atom. The van der Waals surface area contributed by atoms with E-state index in [0.717, 1.165) is 41.4 Å². The highest BCUT2D eigenvalue weighted by Gasteiger charge is 2.46. The Morgan fingerprint density at radius 3 is 2.80 bits per heavy atom. The van der Waals surface area contributed by atoms with E-state index >= 15 is 0 Å². The SMILES string of the molecule is Cn1cc2c(Cl)c(-c3c[nH]c4nc(N5CC6CC[C@@H]5[C@@H]6N)n(C)c(=O)c34)ccc2n1. The zero-order chi connectivity index (χ0) is 20.7. The van der Waals surface area contributed by atoms with Gasteiger partial charge in [0.1, 0.15) is 5.65 Å². The van der Waals surface area contributed by atoms with Crippen molar-refractivity contribution in [2.45, 2.75) is 24.9 Å². The number of nitrogens with two attached hydrogens (primary N) is 1. The number of aromatic nitrogens is 5. The number of nitrogens with one attached hydrogen (secondary N) is 1. The van der Waals surface area contributed by atoms with Crippen molar-refractivity contribution < 1.29 is 0 Å². The van der Waals surface area contributed by atoms with E-state index in [2.05, 4.69) is 15.0 Å². The lowest BCUT2D eigenvalue weighted by atomic mass is 10.0. The summed E-state index contributed by atoms with van der Waals surface area (Å²) in [5.74, 6) is 1.16. The Labute approximate surface area is 177 Å². The zero-order valence-electron chi connectivity index (χ0n) is 16.8. The summed E-state index contributed by atoms with van der Waals surface area (Å²) < 4.78 is 3.38. The summed E-state index contributed by atoms with van der Waals surface area (Å²) in [5, 5.41) is 6.38. The maximum absolute atomic E-state index is 13.4. The van der Waals surface area contributed by atoms with Crippen molar-refractivity contribution in [1.82, 2.24) is 24.3 Å². The minimum Gasteiger partial charge on any atom is -0.345 e. The van der Waals surface area contributed by atoms with Crippen molar-refractivity contribution in [3.05, 3.63) is 39.9 Å². The molecule has 2 bridgehead atoms. The predicted molar refractivity (Wildman–Crippen MR) is 118 cm³/mol. The molecule has 3 aromatic heterocycles. The van der Waals surface area contributed by atoms with E-state index in [9.17, 15) is 4.79 Å². The van der Waals surface area contributed by atoms with Gasteiger partial charge in [0.15, 0.2) is 0 Å². The number of hydrogen-bond donors (Lipinski definition) is 2. The number of benzene rings is 1. The van der Waals surface area contributed by atoms with Crippen molar-refractivity contribution >= 4 is 39.5 Å². The molecular weight excluding hydrogens is 402 g/mol. The molecule has 2 fully saturated rings. The highest BCUT2D eigenvalue weighted by atomic mass is 35.5. The number of nitrogens with zero attached hydrogens (tertiary/aromatic N) is 5. The minimum absolute atomic E-state index is 0.0926. The quantitative estimate of drug-likeness (QED) is 0.516. The lowest BCUT2D eigenvalue weighted by molar-refractivity contribution is 0.530. The average molecular weight is 424 g/mol. The Balaban J connectivity index is 1.53. The molecule has 1 saturated heterocycles. The number of halogens is 1. The lowest BCUT2D eigenvalue weighted by Crippen LogP contribution is -2.40. The molecule has 4 heterocycles. The second-order valence-electron chi connectivity index (χ2n) is 8.50. The van der Waals surface area contributed by atoms with Crippen molar-refractivity contribution in [2.75, 3.05) is 11.4 Å². The van der Waals surface area contributed by atoms with E-state index in [-0.39, 0.29) is 17.6 Å². The minimum atomic E-state index is -0.0926. The molecule has 0 amide bonds. The first-order valence-electron chi connectivity index (χ1n) is 10.2. The van der Waals surface area contributed by atoms with Gasteiger partial charge in [-0.3, -0.25) is 14.0 Å². The number of H-pyrrole nitrogens is 1. The van der Waals surface area contributed by atoms with Crippen molar-refractivity contribution in [2.24, 2.45) is 25.7 Å². The molecule has 1 unspecified atom stereocenters. The van der Waals surface area contributed by atoms with Crippen LogP contribution in [0.5, 0.6) is 0 Å². The predicted octanol–water partition coefficient (Wildman–Crippen LogP) is 2.39. The number of aryl methyl sites for hydroxylation is 1. The van der Waals surface area contributed by atoms with Gasteiger partial charge >= 0.3 is 0 Å². The van der Waals surface area contributed by atoms with Crippen LogP contribution in [0.15, 0.2) is 29.3 Å². The van der Waals surface area contributed by atoms with Gasteiger partial charge in [0.25, 0.3) is 5.56 Å². The summed E-state index contributed by atoms with van der Waals surface area (Å²) >= 11 is 6.71. The Bertz CT molecular complexity index is 1380. The molecule has 154 valence electrons. The molecule has 3 N–H and O–H groups in total. The number of hydrogen-bond acceptors (Lipinski definition) is 5. The second kappa shape index (κ2) is 6.09. The molecule has 3 atom stereocenters. The molecule has 8 nitrogen and oxygen atoms in total. The zero-order valence-corrected chi connectivity index (χ0v) is 17.5. The smallest absolute Gasteiger partial charge is 0.264 e. The van der Waals surface area contributed by atoms with Crippen molar-refractivity contribution in [3.8, 4) is 11.1 Å². The van der Waals surface area contributed by atoms with Crippen LogP contribution in [-0.4, -0.2) is 42.9 Å². The molecule has 1 aliphatic carbocycles. The molecule has 0 radical (unpaired) electrons. The number of piperidine rings is 1. The third kappa shape index (κ3) is 2.29. The van der Waals surface area contributed by atoms with E-state index < -0.39 is 0 Å². The van der Waals surface area contributed by atoms with Crippen LogP contribution in [0.2, 0.25) is 5.02 Å². The molecular formula is C21H22ClN7O. The molecule has 30 heavy (non-hydrogen) atoms. The van der Waals surface area contributed by atoms with Gasteiger partial charge in [-0.05, 0) is 24.8 Å². The van der Waals surface area contributed by atoms with Crippen molar-refractivity contribution in [1.29, 1.82) is 0 Å². The van der Waals surface area contributed by atoms with Crippen molar-refractivity contribution in [3.63, 3.8) is 0 Å². The van der Waals surface area contributed by atoms with E-state index in [1.165, 1.54) is 0 Å². The van der Waals surface area contributed by atoms with Gasteiger partial charge in [-0.1, -0.05) is 17.7 Å². The number of anilines is 1. The van der Waals surface area contributed by atoms with Crippen LogP contribution < -0.4 is 16.2 Å². The van der Waals surface area contributed by atoms with Gasteiger partial charge < -0.3 is 15.6 Å². The van der Waals surface area contributed by atoms with Crippen LogP contribution >= 0.6 is 11.6 Å². The van der Waals surface area contributed by atoms with Gasteiger partial charge in [0, 0.05) is 61.6 Å². The Morgan fingerprint density at radius 1 is 1.23 bits per heavy atom. The van der Waals surface area contributed by atoms with Gasteiger partial charge in [0.05, 0.1) is 15.9 Å². The molecule has 9 heteroatoms. The van der Waals surface area contributed by atoms with Crippen LogP contribution in [-0.2, 0) is 14.1 Å². The fourth-order valence-electron chi connectivity index (χ4n) is 5.28. The normalized spacial score (nSPS) is 23.3. The number of aromatic amines is 1. The summed E-state index contributed by atoms with van der Waals surface area (Å²) in [6.45, 7) is 0.856. The summed E-state index contributed by atoms with van der Waals surface area (Å²) in [6, 6.07) is 4.24. The average Bonchev–Trinajstić information content (AvgIpc) is 3.48. The Hall–Kier alpha value is -2.84. The first-order chi connectivity index (χ1) is 14.4. The fourth-order valence-corrected chi connectivity index (χ4v) is 5.60. The molecule has 0 spiro atoms. The standard InChI is InChI=1S/C21H22ClN7O/c1-27-9-13-14(26-27)5-4-11(17(13)22)12-7-24-19-16(12)20(30)28(2)21(25-19)29-8-10-3-6-15(29)18(10)23/h4-5,7,9-10,15,18,24H,3,6,8,23H2,1-2H3/t10?,15-,18-/m1/s1. The lowest BCUT2D eigenvalue weighted by Gasteiger charge is -2.29. The van der Waals surface area contributed by atoms with Gasteiger partial charge in [-0.25, -0.2) is 0 Å². The topological polar surface area (TPSA) is 97.8 Å². The highest BCUT2D eigenvalue weighted by Crippen LogP contribution is 2.40. The molecule has 4 aromatic rings. The summed E-state index contributed by atoms with van der Waals surface area (Å²) in [7, 11) is 3.64. The van der Waals surface area contributed by atoms with E-state index in [1.54, 1.807) is 16.3 Å². The monoisotopic (exact) mass is 423 g/mol. The van der Waals surface area contributed by atoms with Gasteiger partial charge in [0.2, 0.25) is 5.95 Å². The largest absolute Gasteiger partial charge is 0.345 e. The van der Waals surface area contributed by atoms with Gasteiger partial charge in [-0.2, -0.15) is 10.1 Å². The first-order valence-corrected chi connectivity index (χ1v) is 10.5. The molecule has 1 saturated carbocycles. The number of fused-ring (bicyclic) bond motifs is 4. The van der Waals surface area contributed by atoms with Crippen LogP contribution in [0.4, 0.5) is 5.95 Å². The number of rotatable bonds is 2. The van der Waals surface area contributed by atoms with E-state index in [0.29, 0.717) is 27.9 Å². The molecule has 1 aromatic carbocycles. The van der Waals surface area contributed by atoms with E-state index in [1.807, 2.05) is 31.6 Å². The summed E-state index contributed by atoms with van der Waals surface area (Å²) in [4.78, 5) is 23.6. The van der Waals surface area contributed by atoms with Crippen LogP contribution in [0.3, 0.4) is 0 Å². The van der Waals surface area contributed by atoms with Crippen LogP contribution in [0, 0.1) is 5.92 Å². The summed E-state index contributed by atoms with van der Waals surface area (Å²) in [6.07, 6.45) is 5.90. The summed E-state index contributed by atoms with van der Waals surface area (Å²) in [5.41, 5.74) is 9.21.